The minimum atomic E-state index is -4.52. The molecule has 0 saturated carbocycles. The third-order valence-electron chi connectivity index (χ3n) is 4.68. The van der Waals surface area contributed by atoms with Crippen LogP contribution in [0.5, 0.6) is 0 Å². The van der Waals surface area contributed by atoms with Crippen LogP contribution in [0.15, 0.2) is 66.2 Å². The quantitative estimate of drug-likeness (QED) is 0.342. The van der Waals surface area contributed by atoms with E-state index in [0.717, 1.165) is 11.6 Å². The molecule has 0 aliphatic heterocycles. The maximum Gasteiger partial charge on any atom is 0.418 e. The summed E-state index contributed by atoms with van der Waals surface area (Å²) in [4.78, 5) is 16.7. The number of ether oxygens (including phenoxy) is 1. The summed E-state index contributed by atoms with van der Waals surface area (Å²) in [5.74, 6) is -0.501. The third kappa shape index (κ3) is 4.11. The molecule has 158 valence electrons. The molecule has 0 aliphatic rings. The molecule has 4 aromatic rings. The van der Waals surface area contributed by atoms with Crippen molar-refractivity contribution in [2.45, 2.75) is 13.1 Å². The fourth-order valence-corrected chi connectivity index (χ4v) is 4.29. The minimum absolute atomic E-state index is 0.155. The second-order valence-corrected chi connectivity index (χ2v) is 7.50. The smallest absolute Gasteiger partial charge is 0.418 e. The summed E-state index contributed by atoms with van der Waals surface area (Å²) in [6, 6.07) is 14.9. The summed E-state index contributed by atoms with van der Waals surface area (Å²) < 4.78 is 45.5. The lowest BCUT2D eigenvalue weighted by molar-refractivity contribution is -0.136. The van der Waals surface area contributed by atoms with Gasteiger partial charge in [0.15, 0.2) is 0 Å². The van der Waals surface area contributed by atoms with Gasteiger partial charge < -0.3 is 10.1 Å². The van der Waals surface area contributed by atoms with Crippen LogP contribution in [0.4, 0.5) is 23.9 Å². The number of esters is 1. The van der Waals surface area contributed by atoms with Gasteiger partial charge in [0.2, 0.25) is 0 Å². The molecule has 0 spiro atoms. The maximum atomic E-state index is 13.4. The van der Waals surface area contributed by atoms with Crippen molar-refractivity contribution >= 4 is 38.9 Å². The van der Waals surface area contributed by atoms with Gasteiger partial charge in [0.25, 0.3) is 0 Å². The fraction of sp³-hybridized carbons (Fsp3) is 0.130. The van der Waals surface area contributed by atoms with Gasteiger partial charge in [-0.3, -0.25) is 4.98 Å². The number of rotatable bonds is 5. The average Bonchev–Trinajstić information content (AvgIpc) is 3.17. The number of fused-ring (bicyclic) bond motifs is 1. The lowest BCUT2D eigenvalue weighted by Crippen LogP contribution is -2.08. The van der Waals surface area contributed by atoms with E-state index in [-0.39, 0.29) is 12.1 Å². The Morgan fingerprint density at radius 2 is 1.87 bits per heavy atom. The Morgan fingerprint density at radius 3 is 2.58 bits per heavy atom. The molecule has 0 atom stereocenters. The van der Waals surface area contributed by atoms with E-state index in [1.807, 2.05) is 35.7 Å². The lowest BCUT2D eigenvalue weighted by Gasteiger charge is -2.14. The molecule has 0 bridgehead atoms. The number of aromatic nitrogens is 1. The van der Waals surface area contributed by atoms with Crippen molar-refractivity contribution in [3.63, 3.8) is 0 Å². The van der Waals surface area contributed by atoms with Gasteiger partial charge in [-0.1, -0.05) is 42.5 Å². The number of thiophene rings is 1. The van der Waals surface area contributed by atoms with Crippen LogP contribution in [0.2, 0.25) is 0 Å². The van der Waals surface area contributed by atoms with Crippen molar-refractivity contribution in [1.82, 2.24) is 4.98 Å². The van der Waals surface area contributed by atoms with E-state index >= 15 is 0 Å². The molecule has 1 N–H and O–H groups in total. The summed E-state index contributed by atoms with van der Waals surface area (Å²) in [5, 5.41) is 5.76. The second-order valence-electron chi connectivity index (χ2n) is 6.62. The monoisotopic (exact) mass is 442 g/mol. The Hall–Kier alpha value is -3.39. The molecule has 4 nitrogen and oxygen atoms in total. The SMILES string of the molecule is CCOC(=O)c1c(-c2ccccc2)csc1Nc1ccnc2c(C(F)(F)F)cccc12. The molecule has 4 rings (SSSR count). The molecule has 0 aliphatic carbocycles. The molecular formula is C23H17F3N2O2S. The minimum Gasteiger partial charge on any atom is -0.462 e. The van der Waals surface area contributed by atoms with Crippen LogP contribution in [0, 0.1) is 0 Å². The van der Waals surface area contributed by atoms with Gasteiger partial charge in [0, 0.05) is 22.5 Å². The van der Waals surface area contributed by atoms with Gasteiger partial charge in [-0.2, -0.15) is 13.2 Å². The molecule has 0 unspecified atom stereocenters. The molecule has 2 aromatic heterocycles. The molecule has 0 amide bonds. The molecule has 8 heteroatoms. The summed E-state index contributed by atoms with van der Waals surface area (Å²) in [5.41, 5.74) is 1.33. The normalized spacial score (nSPS) is 11.5. The first-order valence-corrected chi connectivity index (χ1v) is 10.3. The lowest BCUT2D eigenvalue weighted by atomic mass is 10.0. The van der Waals surface area contributed by atoms with Gasteiger partial charge in [-0.25, -0.2) is 4.79 Å². The summed E-state index contributed by atoms with van der Waals surface area (Å²) in [7, 11) is 0. The van der Waals surface area contributed by atoms with E-state index in [9.17, 15) is 18.0 Å². The van der Waals surface area contributed by atoms with Crippen LogP contribution in [0.1, 0.15) is 22.8 Å². The number of alkyl halides is 3. The van der Waals surface area contributed by atoms with E-state index in [1.54, 1.807) is 19.1 Å². The highest BCUT2D eigenvalue weighted by Crippen LogP contribution is 2.40. The van der Waals surface area contributed by atoms with Crippen LogP contribution in [0.25, 0.3) is 22.0 Å². The number of carbonyl (C=O) groups is 1. The van der Waals surface area contributed by atoms with E-state index in [1.165, 1.54) is 23.6 Å². The van der Waals surface area contributed by atoms with Crippen molar-refractivity contribution in [2.75, 3.05) is 11.9 Å². The number of halogens is 3. The number of nitrogens with one attached hydrogen (secondary N) is 1. The Bertz CT molecular complexity index is 1240. The number of carbonyl (C=O) groups excluding carboxylic acids is 1. The highest BCUT2D eigenvalue weighted by Gasteiger charge is 2.33. The van der Waals surface area contributed by atoms with E-state index in [2.05, 4.69) is 10.3 Å². The standard InChI is InChI=1S/C23H17F3N2O2S/c1-2-30-22(29)19-16(14-7-4-3-5-8-14)13-31-21(19)28-18-11-12-27-20-15(18)9-6-10-17(20)23(24,25)26/h3-13H,2H2,1H3,(H,27,28). The molecule has 2 heterocycles. The molecule has 0 fully saturated rings. The zero-order valence-corrected chi connectivity index (χ0v) is 17.2. The van der Waals surface area contributed by atoms with E-state index in [0.29, 0.717) is 27.2 Å². The maximum absolute atomic E-state index is 13.4. The fourth-order valence-electron chi connectivity index (χ4n) is 3.32. The Morgan fingerprint density at radius 1 is 1.10 bits per heavy atom. The van der Waals surface area contributed by atoms with Crippen LogP contribution >= 0.6 is 11.3 Å². The van der Waals surface area contributed by atoms with Crippen LogP contribution in [0.3, 0.4) is 0 Å². The number of para-hydroxylation sites is 1. The van der Waals surface area contributed by atoms with Gasteiger partial charge in [-0.05, 0) is 24.6 Å². The number of benzene rings is 2. The molecule has 2 aromatic carbocycles. The molecule has 0 saturated heterocycles. The number of hydrogen-bond donors (Lipinski definition) is 1. The Balaban J connectivity index is 1.83. The third-order valence-corrected chi connectivity index (χ3v) is 5.58. The van der Waals surface area contributed by atoms with Gasteiger partial charge >= 0.3 is 12.1 Å². The van der Waals surface area contributed by atoms with E-state index < -0.39 is 17.7 Å². The first-order valence-electron chi connectivity index (χ1n) is 9.46. The number of pyridine rings is 1. The van der Waals surface area contributed by atoms with Crippen molar-refractivity contribution in [3.8, 4) is 11.1 Å². The average molecular weight is 442 g/mol. The number of nitrogens with zero attached hydrogens (tertiary/aromatic N) is 1. The van der Waals surface area contributed by atoms with Crippen LogP contribution in [-0.2, 0) is 10.9 Å². The highest BCUT2D eigenvalue weighted by atomic mass is 32.1. The topological polar surface area (TPSA) is 51.2 Å². The highest BCUT2D eigenvalue weighted by molar-refractivity contribution is 7.15. The van der Waals surface area contributed by atoms with Crippen LogP contribution < -0.4 is 5.32 Å². The summed E-state index contributed by atoms with van der Waals surface area (Å²) in [6.07, 6.45) is -3.21. The predicted octanol–water partition coefficient (Wildman–Crippen LogP) is 6.90. The molecular weight excluding hydrogens is 425 g/mol. The first kappa shape index (κ1) is 20.9. The second kappa shape index (κ2) is 8.39. The van der Waals surface area contributed by atoms with Crippen molar-refractivity contribution < 1.29 is 22.7 Å². The first-order chi connectivity index (χ1) is 14.9. The predicted molar refractivity (Wildman–Crippen MR) is 116 cm³/mol. The van der Waals surface area contributed by atoms with Gasteiger partial charge in [-0.15, -0.1) is 11.3 Å². The zero-order valence-electron chi connectivity index (χ0n) is 16.4. The van der Waals surface area contributed by atoms with Crippen molar-refractivity contribution in [1.29, 1.82) is 0 Å². The number of hydrogen-bond acceptors (Lipinski definition) is 5. The van der Waals surface area contributed by atoms with Crippen molar-refractivity contribution in [3.05, 3.63) is 77.3 Å². The van der Waals surface area contributed by atoms with Crippen LogP contribution in [-0.4, -0.2) is 17.6 Å². The summed E-state index contributed by atoms with van der Waals surface area (Å²) >= 11 is 1.28. The summed E-state index contributed by atoms with van der Waals surface area (Å²) in [6.45, 7) is 1.92. The number of anilines is 2. The molecule has 0 radical (unpaired) electrons. The Labute approximate surface area is 180 Å². The Kier molecular flexibility index (Phi) is 5.65. The zero-order chi connectivity index (χ0) is 22.0. The largest absolute Gasteiger partial charge is 0.462 e. The van der Waals surface area contributed by atoms with Gasteiger partial charge in [0.05, 0.1) is 23.4 Å². The van der Waals surface area contributed by atoms with Crippen molar-refractivity contribution in [2.24, 2.45) is 0 Å². The molecule has 31 heavy (non-hydrogen) atoms. The van der Waals surface area contributed by atoms with Gasteiger partial charge in [0.1, 0.15) is 10.6 Å². The van der Waals surface area contributed by atoms with E-state index in [4.69, 9.17) is 4.74 Å².